The maximum absolute atomic E-state index is 11.4. The Hall–Kier alpha value is -2.29. The molecular formula is C16H16O3. The highest BCUT2D eigenvalue weighted by Gasteiger charge is 2.15. The van der Waals surface area contributed by atoms with Crippen LogP contribution in [-0.4, -0.2) is 20.5 Å². The van der Waals surface area contributed by atoms with Gasteiger partial charge in [-0.2, -0.15) is 0 Å². The van der Waals surface area contributed by atoms with Crippen molar-refractivity contribution in [3.63, 3.8) is 0 Å². The van der Waals surface area contributed by atoms with Gasteiger partial charge >= 0.3 is 0 Å². The lowest BCUT2D eigenvalue weighted by molar-refractivity contribution is -0.108. The van der Waals surface area contributed by atoms with Gasteiger partial charge in [0.05, 0.1) is 20.1 Å². The van der Waals surface area contributed by atoms with E-state index in [1.54, 1.807) is 14.2 Å². The zero-order valence-corrected chi connectivity index (χ0v) is 11.0. The van der Waals surface area contributed by atoms with E-state index in [0.717, 1.165) is 17.4 Å². The SMILES string of the molecule is COc1ccc([C@H](C=O)c2ccccc2)cc1OC. The number of carbonyl (C=O) groups excluding carboxylic acids is 1. The van der Waals surface area contributed by atoms with Gasteiger partial charge in [0.25, 0.3) is 0 Å². The molecule has 0 saturated heterocycles. The highest BCUT2D eigenvalue weighted by molar-refractivity contribution is 5.69. The fraction of sp³-hybridized carbons (Fsp3) is 0.188. The molecule has 98 valence electrons. The molecule has 0 radical (unpaired) electrons. The molecule has 0 aliphatic heterocycles. The number of aldehydes is 1. The molecule has 0 fully saturated rings. The molecule has 0 aliphatic carbocycles. The normalized spacial score (nSPS) is 11.7. The lowest BCUT2D eigenvalue weighted by Gasteiger charge is -2.14. The summed E-state index contributed by atoms with van der Waals surface area (Å²) >= 11 is 0. The summed E-state index contributed by atoms with van der Waals surface area (Å²) in [6, 6.07) is 15.2. The highest BCUT2D eigenvalue weighted by atomic mass is 16.5. The molecule has 3 heteroatoms. The van der Waals surface area contributed by atoms with Crippen molar-refractivity contribution in [3.8, 4) is 11.5 Å². The summed E-state index contributed by atoms with van der Waals surface area (Å²) in [4.78, 5) is 11.4. The van der Waals surface area contributed by atoms with Crippen molar-refractivity contribution < 1.29 is 14.3 Å². The first-order valence-corrected chi connectivity index (χ1v) is 6.02. The summed E-state index contributed by atoms with van der Waals surface area (Å²) in [5.74, 6) is 0.993. The van der Waals surface area contributed by atoms with Gasteiger partial charge in [-0.3, -0.25) is 0 Å². The number of hydrogen-bond donors (Lipinski definition) is 0. The number of hydrogen-bond acceptors (Lipinski definition) is 3. The zero-order valence-electron chi connectivity index (χ0n) is 11.0. The molecule has 3 nitrogen and oxygen atoms in total. The molecule has 0 amide bonds. The van der Waals surface area contributed by atoms with Crippen LogP contribution in [-0.2, 0) is 4.79 Å². The first kappa shape index (κ1) is 13.1. The smallest absolute Gasteiger partial charge is 0.161 e. The van der Waals surface area contributed by atoms with Crippen LogP contribution in [0.4, 0.5) is 0 Å². The Balaban J connectivity index is 2.42. The molecule has 0 unspecified atom stereocenters. The fourth-order valence-corrected chi connectivity index (χ4v) is 2.06. The molecule has 0 aliphatic rings. The van der Waals surface area contributed by atoms with Gasteiger partial charge in [0.15, 0.2) is 11.5 Å². The van der Waals surface area contributed by atoms with E-state index in [4.69, 9.17) is 9.47 Å². The molecular weight excluding hydrogens is 240 g/mol. The Morgan fingerprint density at radius 3 is 2.16 bits per heavy atom. The molecule has 0 aromatic heterocycles. The van der Waals surface area contributed by atoms with Gasteiger partial charge in [-0.1, -0.05) is 36.4 Å². The van der Waals surface area contributed by atoms with Crippen molar-refractivity contribution in [2.75, 3.05) is 14.2 Å². The number of carbonyl (C=O) groups is 1. The molecule has 19 heavy (non-hydrogen) atoms. The van der Waals surface area contributed by atoms with Gasteiger partial charge in [0, 0.05) is 0 Å². The van der Waals surface area contributed by atoms with Crippen molar-refractivity contribution in [2.45, 2.75) is 5.92 Å². The number of benzene rings is 2. The van der Waals surface area contributed by atoms with E-state index in [0.29, 0.717) is 11.5 Å². The second kappa shape index (κ2) is 6.05. The molecule has 0 saturated carbocycles. The van der Waals surface area contributed by atoms with Crippen molar-refractivity contribution >= 4 is 6.29 Å². The molecule has 2 aromatic carbocycles. The Morgan fingerprint density at radius 1 is 0.895 bits per heavy atom. The lowest BCUT2D eigenvalue weighted by atomic mass is 9.92. The van der Waals surface area contributed by atoms with E-state index in [1.165, 1.54) is 0 Å². The first-order chi connectivity index (χ1) is 9.30. The molecule has 1 atom stereocenters. The molecule has 2 rings (SSSR count). The van der Waals surface area contributed by atoms with Gasteiger partial charge in [0.2, 0.25) is 0 Å². The lowest BCUT2D eigenvalue weighted by Crippen LogP contribution is -2.03. The maximum Gasteiger partial charge on any atom is 0.161 e. The third kappa shape index (κ3) is 2.76. The van der Waals surface area contributed by atoms with Crippen LogP contribution in [0.1, 0.15) is 17.0 Å². The van der Waals surface area contributed by atoms with E-state index in [2.05, 4.69) is 0 Å². The second-order valence-electron chi connectivity index (χ2n) is 4.14. The standard InChI is InChI=1S/C16H16O3/c1-18-15-9-8-13(10-16(15)19-2)14(11-17)12-6-4-3-5-7-12/h3-11,14H,1-2H3/t14-/m1/s1. The van der Waals surface area contributed by atoms with Gasteiger partial charge in [-0.25, -0.2) is 0 Å². The van der Waals surface area contributed by atoms with Crippen LogP contribution in [0.2, 0.25) is 0 Å². The number of ether oxygens (including phenoxy) is 2. The number of methoxy groups -OCH3 is 2. The third-order valence-corrected chi connectivity index (χ3v) is 3.06. The molecule has 0 N–H and O–H groups in total. The topological polar surface area (TPSA) is 35.5 Å². The molecule has 0 bridgehead atoms. The maximum atomic E-state index is 11.4. The second-order valence-corrected chi connectivity index (χ2v) is 4.14. The summed E-state index contributed by atoms with van der Waals surface area (Å²) < 4.78 is 10.5. The minimum Gasteiger partial charge on any atom is -0.493 e. The summed E-state index contributed by atoms with van der Waals surface area (Å²) in [5, 5.41) is 0. The Kier molecular flexibility index (Phi) is 4.18. The molecule has 0 heterocycles. The predicted octanol–water partition coefficient (Wildman–Crippen LogP) is 3.03. The average Bonchev–Trinajstić information content (AvgIpc) is 2.49. The predicted molar refractivity (Wildman–Crippen MR) is 73.9 cm³/mol. The summed E-state index contributed by atoms with van der Waals surface area (Å²) in [7, 11) is 3.17. The van der Waals surface area contributed by atoms with Crippen LogP contribution in [0.5, 0.6) is 11.5 Å². The van der Waals surface area contributed by atoms with Gasteiger partial charge in [-0.05, 0) is 23.3 Å². The average molecular weight is 256 g/mol. The van der Waals surface area contributed by atoms with Crippen LogP contribution >= 0.6 is 0 Å². The minimum absolute atomic E-state index is 0.291. The van der Waals surface area contributed by atoms with Crippen molar-refractivity contribution in [1.82, 2.24) is 0 Å². The van der Waals surface area contributed by atoms with Crippen LogP contribution in [0.15, 0.2) is 48.5 Å². The fourth-order valence-electron chi connectivity index (χ4n) is 2.06. The van der Waals surface area contributed by atoms with E-state index in [9.17, 15) is 4.79 Å². The summed E-state index contributed by atoms with van der Waals surface area (Å²) in [6.45, 7) is 0. The van der Waals surface area contributed by atoms with Crippen LogP contribution in [0.25, 0.3) is 0 Å². The van der Waals surface area contributed by atoms with Crippen LogP contribution < -0.4 is 9.47 Å². The van der Waals surface area contributed by atoms with Gasteiger partial charge in [-0.15, -0.1) is 0 Å². The quantitative estimate of drug-likeness (QED) is 0.771. The van der Waals surface area contributed by atoms with Crippen molar-refractivity contribution in [2.24, 2.45) is 0 Å². The monoisotopic (exact) mass is 256 g/mol. The Labute approximate surface area is 112 Å². The molecule has 0 spiro atoms. The van der Waals surface area contributed by atoms with Crippen LogP contribution in [0, 0.1) is 0 Å². The first-order valence-electron chi connectivity index (χ1n) is 6.02. The van der Waals surface area contributed by atoms with E-state index < -0.39 is 0 Å². The zero-order chi connectivity index (χ0) is 13.7. The largest absolute Gasteiger partial charge is 0.493 e. The Morgan fingerprint density at radius 2 is 1.58 bits per heavy atom. The van der Waals surface area contributed by atoms with Gasteiger partial charge in [0.1, 0.15) is 6.29 Å². The van der Waals surface area contributed by atoms with Crippen molar-refractivity contribution in [1.29, 1.82) is 0 Å². The molecule has 2 aromatic rings. The Bertz CT molecular complexity index is 549. The van der Waals surface area contributed by atoms with E-state index in [1.807, 2.05) is 48.5 Å². The summed E-state index contributed by atoms with van der Waals surface area (Å²) in [6.07, 6.45) is 0.941. The van der Waals surface area contributed by atoms with Crippen LogP contribution in [0.3, 0.4) is 0 Å². The van der Waals surface area contributed by atoms with E-state index in [-0.39, 0.29) is 5.92 Å². The van der Waals surface area contributed by atoms with E-state index >= 15 is 0 Å². The third-order valence-electron chi connectivity index (χ3n) is 3.06. The highest BCUT2D eigenvalue weighted by Crippen LogP contribution is 2.32. The minimum atomic E-state index is -0.291. The van der Waals surface area contributed by atoms with Crippen molar-refractivity contribution in [3.05, 3.63) is 59.7 Å². The summed E-state index contributed by atoms with van der Waals surface area (Å²) in [5.41, 5.74) is 1.85. The van der Waals surface area contributed by atoms with Gasteiger partial charge < -0.3 is 14.3 Å². The number of rotatable bonds is 5.